The van der Waals surface area contributed by atoms with Crippen molar-refractivity contribution in [1.29, 1.82) is 0 Å². The number of carboxylic acid groups (broad SMARTS) is 2. The molecule has 1 aromatic carbocycles. The summed E-state index contributed by atoms with van der Waals surface area (Å²) in [5, 5.41) is 22.5. The monoisotopic (exact) mass is 373 g/mol. The van der Waals surface area contributed by atoms with Gasteiger partial charge in [-0.2, -0.15) is 0 Å². The first-order valence-corrected chi connectivity index (χ1v) is 8.32. The van der Waals surface area contributed by atoms with Gasteiger partial charge >= 0.3 is 11.9 Å². The molecule has 8 nitrogen and oxygen atoms in total. The van der Waals surface area contributed by atoms with E-state index in [0.29, 0.717) is 12.0 Å². The zero-order valence-corrected chi connectivity index (χ0v) is 14.6. The Balaban J connectivity index is 1.88. The van der Waals surface area contributed by atoms with Gasteiger partial charge in [-0.05, 0) is 17.6 Å². The summed E-state index contributed by atoms with van der Waals surface area (Å²) in [6, 6.07) is 9.41. The van der Waals surface area contributed by atoms with Crippen LogP contribution in [0.4, 0.5) is 0 Å². The van der Waals surface area contributed by atoms with Gasteiger partial charge in [0.2, 0.25) is 6.29 Å². The highest BCUT2D eigenvalue weighted by Crippen LogP contribution is 2.44. The van der Waals surface area contributed by atoms with Gasteiger partial charge in [0.15, 0.2) is 5.71 Å². The van der Waals surface area contributed by atoms with Crippen molar-refractivity contribution in [3.63, 3.8) is 0 Å². The molecule has 3 rings (SSSR count). The molecule has 0 radical (unpaired) electrons. The summed E-state index contributed by atoms with van der Waals surface area (Å²) in [6.45, 7) is 0.238. The molecule has 27 heavy (non-hydrogen) atoms. The lowest BCUT2D eigenvalue weighted by molar-refractivity contribution is -0.159. The van der Waals surface area contributed by atoms with E-state index in [1.165, 1.54) is 13.4 Å². The minimum Gasteiger partial charge on any atom is -0.478 e. The molecule has 1 aliphatic carbocycles. The number of rotatable bonds is 7. The lowest BCUT2D eigenvalue weighted by atomic mass is 9.82. The summed E-state index contributed by atoms with van der Waals surface area (Å²) in [7, 11) is 1.25. The molecular weight excluding hydrogens is 354 g/mol. The molecular formula is C19H19NO7. The summed E-state index contributed by atoms with van der Waals surface area (Å²) in [5.74, 6) is -3.46. The summed E-state index contributed by atoms with van der Waals surface area (Å²) in [6.07, 6.45) is 2.35. The van der Waals surface area contributed by atoms with Crippen LogP contribution in [0, 0.1) is 11.8 Å². The fourth-order valence-electron chi connectivity index (χ4n) is 3.39. The quantitative estimate of drug-likeness (QED) is 0.556. The molecule has 1 aromatic rings. The summed E-state index contributed by atoms with van der Waals surface area (Å²) in [5.41, 5.74) is 1.05. The van der Waals surface area contributed by atoms with Crippen molar-refractivity contribution in [3.8, 4) is 0 Å². The van der Waals surface area contributed by atoms with E-state index < -0.39 is 30.1 Å². The van der Waals surface area contributed by atoms with E-state index >= 15 is 0 Å². The topological polar surface area (TPSA) is 115 Å². The normalized spacial score (nSPS) is 24.3. The van der Waals surface area contributed by atoms with Gasteiger partial charge in [-0.3, -0.25) is 0 Å². The molecule has 0 aromatic heterocycles. The van der Waals surface area contributed by atoms with Crippen LogP contribution in [-0.2, 0) is 30.5 Å². The Morgan fingerprint density at radius 2 is 1.96 bits per heavy atom. The van der Waals surface area contributed by atoms with E-state index in [0.717, 1.165) is 5.56 Å². The van der Waals surface area contributed by atoms with Crippen LogP contribution in [0.1, 0.15) is 12.0 Å². The molecule has 0 bridgehead atoms. The average molecular weight is 373 g/mol. The largest absolute Gasteiger partial charge is 0.478 e. The second-order valence-corrected chi connectivity index (χ2v) is 6.13. The maximum Gasteiger partial charge on any atom is 0.358 e. The Morgan fingerprint density at radius 1 is 1.22 bits per heavy atom. The Labute approximate surface area is 155 Å². The van der Waals surface area contributed by atoms with E-state index in [4.69, 9.17) is 9.47 Å². The van der Waals surface area contributed by atoms with Gasteiger partial charge in [-0.25, -0.2) is 9.59 Å². The first-order chi connectivity index (χ1) is 13.0. The standard InChI is InChI=1S/C19H19NO7/c1-25-20-16(18(23)24)13-8-7-12-14(17(21)22)10-27-19(15(12)13)26-9-11-5-3-2-4-6-11/h2-6,8,10,12,15,19H,7,9H2,1H3,(H,21,22)(H,23,24)/t12-,15+,19-/m1/s1. The van der Waals surface area contributed by atoms with E-state index in [9.17, 15) is 19.8 Å². The number of carboxylic acids is 2. The third-order valence-electron chi connectivity index (χ3n) is 4.57. The predicted octanol–water partition coefficient (Wildman–Crippen LogP) is 2.18. The number of ether oxygens (including phenoxy) is 2. The number of aliphatic carboxylic acids is 2. The number of oxime groups is 1. The molecule has 0 spiro atoms. The molecule has 8 heteroatoms. The lowest BCUT2D eigenvalue weighted by Crippen LogP contribution is -2.39. The molecule has 3 atom stereocenters. The minimum atomic E-state index is -1.27. The molecule has 1 aliphatic heterocycles. The third-order valence-corrected chi connectivity index (χ3v) is 4.57. The van der Waals surface area contributed by atoms with Crippen LogP contribution in [-0.4, -0.2) is 41.3 Å². The van der Waals surface area contributed by atoms with Crippen LogP contribution in [0.2, 0.25) is 0 Å². The molecule has 142 valence electrons. The van der Waals surface area contributed by atoms with E-state index in [1.54, 1.807) is 6.08 Å². The smallest absolute Gasteiger partial charge is 0.358 e. The van der Waals surface area contributed by atoms with Crippen molar-refractivity contribution < 1.29 is 34.1 Å². The van der Waals surface area contributed by atoms with E-state index in [1.807, 2.05) is 30.3 Å². The van der Waals surface area contributed by atoms with Gasteiger partial charge in [-0.15, -0.1) is 0 Å². The average Bonchev–Trinajstić information content (AvgIpc) is 3.09. The fraction of sp³-hybridized carbons (Fsp3) is 0.316. The summed E-state index contributed by atoms with van der Waals surface area (Å²) < 4.78 is 11.4. The summed E-state index contributed by atoms with van der Waals surface area (Å²) >= 11 is 0. The molecule has 2 aliphatic rings. The van der Waals surface area contributed by atoms with Crippen LogP contribution in [0.3, 0.4) is 0 Å². The van der Waals surface area contributed by atoms with Crippen molar-refractivity contribution in [2.75, 3.05) is 7.11 Å². The summed E-state index contributed by atoms with van der Waals surface area (Å²) in [4.78, 5) is 27.8. The van der Waals surface area contributed by atoms with Crippen LogP contribution >= 0.6 is 0 Å². The highest BCUT2D eigenvalue weighted by Gasteiger charge is 2.47. The second kappa shape index (κ2) is 8.05. The fourth-order valence-corrected chi connectivity index (χ4v) is 3.39. The van der Waals surface area contributed by atoms with Crippen molar-refractivity contribution in [2.45, 2.75) is 19.3 Å². The van der Waals surface area contributed by atoms with Crippen LogP contribution in [0.25, 0.3) is 0 Å². The molecule has 1 heterocycles. The third kappa shape index (κ3) is 3.85. The van der Waals surface area contributed by atoms with Crippen LogP contribution < -0.4 is 0 Å². The van der Waals surface area contributed by atoms with Crippen molar-refractivity contribution in [1.82, 2.24) is 0 Å². The molecule has 0 saturated heterocycles. The van der Waals surface area contributed by atoms with E-state index in [-0.39, 0.29) is 17.9 Å². The van der Waals surface area contributed by atoms with Gasteiger partial charge in [0.05, 0.1) is 24.4 Å². The van der Waals surface area contributed by atoms with Gasteiger partial charge in [0, 0.05) is 5.92 Å². The van der Waals surface area contributed by atoms with Crippen molar-refractivity contribution in [3.05, 3.63) is 59.4 Å². The maximum absolute atomic E-state index is 11.6. The SMILES string of the molecule is CON=C(C(=O)O)C1=CC[C@@H]2C(C(=O)O)=CO[C@@H](OCc3ccccc3)[C@H]12. The zero-order chi connectivity index (χ0) is 19.4. The predicted molar refractivity (Wildman–Crippen MR) is 93.6 cm³/mol. The number of allylic oxidation sites excluding steroid dienone is 1. The Hall–Kier alpha value is -3.13. The first kappa shape index (κ1) is 18.7. The highest BCUT2D eigenvalue weighted by molar-refractivity contribution is 6.42. The molecule has 0 saturated carbocycles. The van der Waals surface area contributed by atoms with Crippen molar-refractivity contribution in [2.24, 2.45) is 17.0 Å². The number of nitrogens with zero attached hydrogens (tertiary/aromatic N) is 1. The molecule has 0 amide bonds. The number of hydrogen-bond acceptors (Lipinski definition) is 6. The zero-order valence-electron chi connectivity index (χ0n) is 14.6. The van der Waals surface area contributed by atoms with Gasteiger partial charge < -0.3 is 24.5 Å². The number of fused-ring (bicyclic) bond motifs is 1. The lowest BCUT2D eigenvalue weighted by Gasteiger charge is -2.34. The van der Waals surface area contributed by atoms with E-state index in [2.05, 4.69) is 9.99 Å². The van der Waals surface area contributed by atoms with Crippen molar-refractivity contribution >= 4 is 17.7 Å². The molecule has 2 N–H and O–H groups in total. The number of carbonyl (C=O) groups is 2. The maximum atomic E-state index is 11.6. The van der Waals surface area contributed by atoms with Gasteiger partial charge in [-0.1, -0.05) is 41.6 Å². The highest BCUT2D eigenvalue weighted by atomic mass is 16.7. The number of hydrogen-bond donors (Lipinski definition) is 2. The van der Waals surface area contributed by atoms with Gasteiger partial charge in [0.25, 0.3) is 0 Å². The first-order valence-electron chi connectivity index (χ1n) is 8.32. The Bertz CT molecular complexity index is 813. The minimum absolute atomic E-state index is 0.0768. The van der Waals surface area contributed by atoms with Crippen LogP contribution in [0.15, 0.2) is 59.0 Å². The molecule has 0 unspecified atom stereocenters. The number of benzene rings is 1. The Morgan fingerprint density at radius 3 is 2.59 bits per heavy atom. The van der Waals surface area contributed by atoms with Crippen LogP contribution in [0.5, 0.6) is 0 Å². The second-order valence-electron chi connectivity index (χ2n) is 6.13. The molecule has 0 fully saturated rings. The Kier molecular flexibility index (Phi) is 5.56. The van der Waals surface area contributed by atoms with Gasteiger partial charge in [0.1, 0.15) is 7.11 Å².